The highest BCUT2D eigenvalue weighted by molar-refractivity contribution is 7.89. The lowest BCUT2D eigenvalue weighted by Gasteiger charge is -2.17. The fourth-order valence-electron chi connectivity index (χ4n) is 1.71. The molecule has 1 amide bonds. The van der Waals surface area contributed by atoms with Crippen LogP contribution in [0.4, 0.5) is 0 Å². The lowest BCUT2D eigenvalue weighted by molar-refractivity contribution is -0.122. The van der Waals surface area contributed by atoms with Crippen LogP contribution in [-0.4, -0.2) is 37.0 Å². The normalized spacial score (nSPS) is 27.6. The third kappa shape index (κ3) is 3.73. The summed E-state index contributed by atoms with van der Waals surface area (Å²) >= 11 is 11.8. The molecule has 5 nitrogen and oxygen atoms in total. The van der Waals surface area contributed by atoms with Gasteiger partial charge in [-0.25, -0.2) is 13.1 Å². The van der Waals surface area contributed by atoms with Crippen LogP contribution in [0.15, 0.2) is 0 Å². The summed E-state index contributed by atoms with van der Waals surface area (Å²) in [6, 6.07) is -0.808. The van der Waals surface area contributed by atoms with Gasteiger partial charge in [-0.1, -0.05) is 6.92 Å². The van der Waals surface area contributed by atoms with Gasteiger partial charge in [-0.15, -0.1) is 23.2 Å². The van der Waals surface area contributed by atoms with E-state index in [-0.39, 0.29) is 11.7 Å². The van der Waals surface area contributed by atoms with E-state index in [0.717, 1.165) is 0 Å². The molecule has 1 saturated carbocycles. The molecular weight excluding hydrogens is 299 g/mol. The number of hydrogen-bond acceptors (Lipinski definition) is 3. The largest absolute Gasteiger partial charge is 0.355 e. The van der Waals surface area contributed by atoms with Crippen molar-refractivity contribution in [1.82, 2.24) is 10.0 Å². The Kier molecular flexibility index (Phi) is 4.58. The van der Waals surface area contributed by atoms with Crippen LogP contribution in [0.1, 0.15) is 27.2 Å². The summed E-state index contributed by atoms with van der Waals surface area (Å²) < 4.78 is 25.1. The second kappa shape index (κ2) is 5.15. The highest BCUT2D eigenvalue weighted by Gasteiger charge is 2.64. The zero-order valence-electron chi connectivity index (χ0n) is 10.6. The summed E-state index contributed by atoms with van der Waals surface area (Å²) in [4.78, 5) is 11.4. The Bertz CT molecular complexity index is 438. The van der Waals surface area contributed by atoms with E-state index >= 15 is 0 Å². The van der Waals surface area contributed by atoms with Crippen molar-refractivity contribution in [2.45, 2.75) is 37.6 Å². The second-order valence-corrected chi connectivity index (χ2v) is 8.17. The molecule has 0 aromatic carbocycles. The molecule has 0 aromatic rings. The van der Waals surface area contributed by atoms with Crippen LogP contribution in [0.25, 0.3) is 0 Å². The lowest BCUT2D eigenvalue weighted by Crippen LogP contribution is -2.46. The van der Waals surface area contributed by atoms with E-state index in [4.69, 9.17) is 23.2 Å². The minimum absolute atomic E-state index is 0.184. The molecule has 0 saturated heterocycles. The van der Waals surface area contributed by atoms with Crippen LogP contribution in [-0.2, 0) is 14.8 Å². The third-order valence-electron chi connectivity index (χ3n) is 2.98. The van der Waals surface area contributed by atoms with Crippen LogP contribution >= 0.6 is 23.2 Å². The predicted octanol–water partition coefficient (Wildman–Crippen LogP) is 1.01. The van der Waals surface area contributed by atoms with Gasteiger partial charge in [0.05, 0.1) is 11.8 Å². The van der Waals surface area contributed by atoms with Crippen LogP contribution in [0.5, 0.6) is 0 Å². The van der Waals surface area contributed by atoms with E-state index in [1.54, 1.807) is 13.8 Å². The lowest BCUT2D eigenvalue weighted by atomic mass is 10.2. The molecule has 1 aliphatic carbocycles. The average Bonchev–Trinajstić information content (AvgIpc) is 2.62. The number of carbonyl (C=O) groups is 1. The number of hydrogen-bond donors (Lipinski definition) is 2. The van der Waals surface area contributed by atoms with Crippen LogP contribution in [0.2, 0.25) is 0 Å². The number of halogens is 2. The minimum Gasteiger partial charge on any atom is -0.355 e. The predicted molar refractivity (Wildman–Crippen MR) is 72.2 cm³/mol. The van der Waals surface area contributed by atoms with Gasteiger partial charge in [0.25, 0.3) is 0 Å². The van der Waals surface area contributed by atoms with Gasteiger partial charge in [-0.2, -0.15) is 0 Å². The van der Waals surface area contributed by atoms with Gasteiger partial charge >= 0.3 is 0 Å². The van der Waals surface area contributed by atoms with E-state index in [1.165, 1.54) is 6.92 Å². The first-order valence-electron chi connectivity index (χ1n) is 5.68. The molecule has 8 heteroatoms. The molecule has 2 atom stereocenters. The van der Waals surface area contributed by atoms with Gasteiger partial charge in [0.15, 0.2) is 0 Å². The van der Waals surface area contributed by atoms with E-state index in [1.807, 2.05) is 0 Å². The van der Waals surface area contributed by atoms with E-state index in [2.05, 4.69) is 10.0 Å². The SMILES string of the molecule is CCNC(=O)[C@@H](C)NS(=O)(=O)C[C@@]1(C)CC1(Cl)Cl. The molecule has 2 N–H and O–H groups in total. The van der Waals surface area contributed by atoms with Gasteiger partial charge in [0.2, 0.25) is 15.9 Å². The Hall–Kier alpha value is -0.0400. The van der Waals surface area contributed by atoms with Crippen molar-refractivity contribution >= 4 is 39.1 Å². The fourth-order valence-corrected chi connectivity index (χ4v) is 4.51. The molecule has 1 fully saturated rings. The molecule has 0 bridgehead atoms. The standard InChI is InChI=1S/C10H18Cl2N2O3S/c1-4-13-8(15)7(2)14-18(16,17)6-9(3)5-10(9,11)12/h7,14H,4-6H2,1-3H3,(H,13,15)/t7-,9-/m1/s1. The number of likely N-dealkylation sites (N-methyl/N-ethyl adjacent to an activating group) is 1. The first-order chi connectivity index (χ1) is 8.03. The molecule has 106 valence electrons. The molecule has 0 spiro atoms. The van der Waals surface area contributed by atoms with Gasteiger partial charge < -0.3 is 5.32 Å². The van der Waals surface area contributed by atoms with Crippen molar-refractivity contribution in [3.05, 3.63) is 0 Å². The molecule has 0 aromatic heterocycles. The Morgan fingerprint density at radius 2 is 1.94 bits per heavy atom. The maximum atomic E-state index is 11.9. The molecule has 0 heterocycles. The van der Waals surface area contributed by atoms with Gasteiger partial charge in [-0.05, 0) is 20.3 Å². The van der Waals surface area contributed by atoms with Gasteiger partial charge in [0.1, 0.15) is 4.33 Å². The second-order valence-electron chi connectivity index (χ2n) is 4.94. The molecule has 0 radical (unpaired) electrons. The average molecular weight is 317 g/mol. The minimum atomic E-state index is -3.59. The van der Waals surface area contributed by atoms with E-state index in [0.29, 0.717) is 13.0 Å². The number of sulfonamides is 1. The highest BCUT2D eigenvalue weighted by atomic mass is 35.5. The summed E-state index contributed by atoms with van der Waals surface area (Å²) in [5.41, 5.74) is -0.650. The molecular formula is C10H18Cl2N2O3S. The quantitative estimate of drug-likeness (QED) is 0.718. The number of nitrogens with one attached hydrogen (secondary N) is 2. The van der Waals surface area contributed by atoms with Gasteiger partial charge in [0, 0.05) is 12.0 Å². The van der Waals surface area contributed by atoms with Crippen molar-refractivity contribution in [3.63, 3.8) is 0 Å². The van der Waals surface area contributed by atoms with Crippen LogP contribution in [0.3, 0.4) is 0 Å². The number of amides is 1. The van der Waals surface area contributed by atoms with Crippen LogP contribution < -0.4 is 10.0 Å². The molecule has 1 aliphatic rings. The zero-order valence-corrected chi connectivity index (χ0v) is 12.9. The summed E-state index contributed by atoms with van der Waals surface area (Å²) in [6.45, 7) is 5.42. The summed E-state index contributed by atoms with van der Waals surface area (Å²) in [5.74, 6) is -0.540. The Morgan fingerprint density at radius 3 is 2.33 bits per heavy atom. The molecule has 18 heavy (non-hydrogen) atoms. The van der Waals surface area contributed by atoms with E-state index in [9.17, 15) is 13.2 Å². The Balaban J connectivity index is 2.59. The first kappa shape index (κ1) is 16.0. The van der Waals surface area contributed by atoms with Crippen LogP contribution in [0, 0.1) is 5.41 Å². The Labute approximate surface area is 118 Å². The van der Waals surface area contributed by atoms with Crippen molar-refractivity contribution in [2.75, 3.05) is 12.3 Å². The van der Waals surface area contributed by atoms with E-state index < -0.39 is 25.8 Å². The smallest absolute Gasteiger partial charge is 0.237 e. The number of alkyl halides is 2. The van der Waals surface area contributed by atoms with Crippen molar-refractivity contribution in [3.8, 4) is 0 Å². The summed E-state index contributed by atoms with van der Waals surface area (Å²) in [5, 5.41) is 2.54. The summed E-state index contributed by atoms with van der Waals surface area (Å²) in [6.07, 6.45) is 0.430. The number of rotatable bonds is 6. The van der Waals surface area contributed by atoms with Gasteiger partial charge in [-0.3, -0.25) is 4.79 Å². The third-order valence-corrected chi connectivity index (χ3v) is 5.89. The monoisotopic (exact) mass is 316 g/mol. The van der Waals surface area contributed by atoms with Crippen molar-refractivity contribution in [1.29, 1.82) is 0 Å². The fraction of sp³-hybridized carbons (Fsp3) is 0.900. The maximum absolute atomic E-state index is 11.9. The topological polar surface area (TPSA) is 75.3 Å². The number of carbonyl (C=O) groups excluding carboxylic acids is 1. The molecule has 1 rings (SSSR count). The highest BCUT2D eigenvalue weighted by Crippen LogP contribution is 2.64. The summed E-state index contributed by atoms with van der Waals surface area (Å²) in [7, 11) is -3.59. The zero-order chi connectivity index (χ0) is 14.2. The maximum Gasteiger partial charge on any atom is 0.237 e. The van der Waals surface area contributed by atoms with Crippen molar-refractivity contribution < 1.29 is 13.2 Å². The Morgan fingerprint density at radius 1 is 1.44 bits per heavy atom. The molecule has 0 aliphatic heterocycles. The van der Waals surface area contributed by atoms with Crippen molar-refractivity contribution in [2.24, 2.45) is 5.41 Å². The first-order valence-corrected chi connectivity index (χ1v) is 8.09. The molecule has 0 unspecified atom stereocenters.